The second-order valence-corrected chi connectivity index (χ2v) is 4.68. The van der Waals surface area contributed by atoms with Gasteiger partial charge in [0.05, 0.1) is 6.20 Å². The van der Waals surface area contributed by atoms with E-state index in [2.05, 4.69) is 49.4 Å². The van der Waals surface area contributed by atoms with Crippen molar-refractivity contribution < 1.29 is 4.52 Å². The molecule has 0 amide bonds. The number of hydrogen-bond donors (Lipinski definition) is 1. The number of nitrogens with one attached hydrogen (secondary N) is 1. The maximum atomic E-state index is 5.43. The fraction of sp³-hybridized carbons (Fsp3) is 0.400. The lowest BCUT2D eigenvalue weighted by Gasteiger charge is -2.06. The molecule has 0 aliphatic carbocycles. The molecular weight excluding hydrogens is 224 g/mol. The van der Waals surface area contributed by atoms with Crippen LogP contribution in [0.4, 0.5) is 0 Å². The molecule has 3 nitrogen and oxygen atoms in total. The normalized spacial score (nSPS) is 10.8. The summed E-state index contributed by atoms with van der Waals surface area (Å²) in [6.07, 6.45) is 2.93. The Morgan fingerprint density at radius 2 is 2.11 bits per heavy atom. The number of aromatic nitrogens is 1. The summed E-state index contributed by atoms with van der Waals surface area (Å²) in [5, 5.41) is 7.31. The highest BCUT2D eigenvalue weighted by atomic mass is 16.5. The average Bonchev–Trinajstić information content (AvgIpc) is 2.81. The van der Waals surface area contributed by atoms with Crippen LogP contribution in [0.3, 0.4) is 0 Å². The van der Waals surface area contributed by atoms with Crippen molar-refractivity contribution in [1.82, 2.24) is 10.5 Å². The predicted molar refractivity (Wildman–Crippen MR) is 73.4 cm³/mol. The van der Waals surface area contributed by atoms with Crippen molar-refractivity contribution in [2.75, 3.05) is 6.54 Å². The monoisotopic (exact) mass is 244 g/mol. The van der Waals surface area contributed by atoms with Gasteiger partial charge in [-0.3, -0.25) is 0 Å². The van der Waals surface area contributed by atoms with Crippen LogP contribution in [0.2, 0.25) is 0 Å². The Bertz CT molecular complexity index is 517. The fourth-order valence-corrected chi connectivity index (χ4v) is 1.99. The molecule has 0 aliphatic heterocycles. The SMILES string of the molecule is CCCNCc1cnoc1-c1cc(C)ccc1C. The molecule has 0 saturated carbocycles. The summed E-state index contributed by atoms with van der Waals surface area (Å²) in [6, 6.07) is 6.39. The lowest BCUT2D eigenvalue weighted by molar-refractivity contribution is 0.431. The summed E-state index contributed by atoms with van der Waals surface area (Å²) in [5.41, 5.74) is 4.71. The molecule has 96 valence electrons. The maximum absolute atomic E-state index is 5.43. The van der Waals surface area contributed by atoms with E-state index in [1.54, 1.807) is 6.20 Å². The first-order valence-corrected chi connectivity index (χ1v) is 6.44. The van der Waals surface area contributed by atoms with Gasteiger partial charge in [-0.15, -0.1) is 0 Å². The van der Waals surface area contributed by atoms with Crippen molar-refractivity contribution in [3.05, 3.63) is 41.1 Å². The van der Waals surface area contributed by atoms with Gasteiger partial charge in [-0.05, 0) is 38.4 Å². The second-order valence-electron chi connectivity index (χ2n) is 4.68. The summed E-state index contributed by atoms with van der Waals surface area (Å²) in [7, 11) is 0. The van der Waals surface area contributed by atoms with Crippen LogP contribution in [-0.4, -0.2) is 11.7 Å². The highest BCUT2D eigenvalue weighted by Crippen LogP contribution is 2.27. The van der Waals surface area contributed by atoms with Gasteiger partial charge in [0, 0.05) is 17.7 Å². The van der Waals surface area contributed by atoms with E-state index in [1.165, 1.54) is 11.1 Å². The summed E-state index contributed by atoms with van der Waals surface area (Å²) in [5.74, 6) is 0.889. The molecule has 0 atom stereocenters. The van der Waals surface area contributed by atoms with Gasteiger partial charge in [0.15, 0.2) is 5.76 Å². The summed E-state index contributed by atoms with van der Waals surface area (Å²) in [4.78, 5) is 0. The van der Waals surface area contributed by atoms with Crippen molar-refractivity contribution in [3.8, 4) is 11.3 Å². The van der Waals surface area contributed by atoms with E-state index in [1.807, 2.05) is 0 Å². The van der Waals surface area contributed by atoms with E-state index in [4.69, 9.17) is 4.52 Å². The smallest absolute Gasteiger partial charge is 0.171 e. The number of rotatable bonds is 5. The Hall–Kier alpha value is -1.61. The molecule has 0 bridgehead atoms. The molecule has 0 unspecified atom stereocenters. The third-order valence-electron chi connectivity index (χ3n) is 3.02. The molecule has 18 heavy (non-hydrogen) atoms. The van der Waals surface area contributed by atoms with Crippen molar-refractivity contribution in [2.45, 2.75) is 33.7 Å². The minimum atomic E-state index is 0.806. The largest absolute Gasteiger partial charge is 0.356 e. The van der Waals surface area contributed by atoms with Crippen LogP contribution in [0.5, 0.6) is 0 Å². The first-order chi connectivity index (χ1) is 8.72. The van der Waals surface area contributed by atoms with E-state index in [0.717, 1.165) is 36.4 Å². The van der Waals surface area contributed by atoms with Crippen LogP contribution < -0.4 is 5.32 Å². The average molecular weight is 244 g/mol. The molecule has 1 aromatic heterocycles. The Balaban J connectivity index is 2.27. The molecular formula is C15H20N2O. The van der Waals surface area contributed by atoms with Gasteiger partial charge in [-0.1, -0.05) is 29.8 Å². The summed E-state index contributed by atoms with van der Waals surface area (Å²) >= 11 is 0. The van der Waals surface area contributed by atoms with E-state index in [0.29, 0.717) is 0 Å². The van der Waals surface area contributed by atoms with Crippen molar-refractivity contribution in [2.24, 2.45) is 0 Å². The van der Waals surface area contributed by atoms with Crippen LogP contribution in [0.15, 0.2) is 28.9 Å². The fourth-order valence-electron chi connectivity index (χ4n) is 1.99. The Kier molecular flexibility index (Phi) is 4.15. The minimum absolute atomic E-state index is 0.806. The van der Waals surface area contributed by atoms with Crippen LogP contribution in [-0.2, 0) is 6.54 Å². The highest BCUT2D eigenvalue weighted by Gasteiger charge is 2.12. The van der Waals surface area contributed by atoms with Crippen LogP contribution >= 0.6 is 0 Å². The van der Waals surface area contributed by atoms with Gasteiger partial charge >= 0.3 is 0 Å². The van der Waals surface area contributed by atoms with Crippen LogP contribution in [0, 0.1) is 13.8 Å². The molecule has 0 radical (unpaired) electrons. The van der Waals surface area contributed by atoms with Gasteiger partial charge < -0.3 is 9.84 Å². The first-order valence-electron chi connectivity index (χ1n) is 6.44. The predicted octanol–water partition coefficient (Wildman–Crippen LogP) is 3.46. The van der Waals surface area contributed by atoms with Gasteiger partial charge in [0.2, 0.25) is 0 Å². The van der Waals surface area contributed by atoms with Crippen molar-refractivity contribution in [3.63, 3.8) is 0 Å². The van der Waals surface area contributed by atoms with Crippen LogP contribution in [0.25, 0.3) is 11.3 Å². The zero-order chi connectivity index (χ0) is 13.0. The molecule has 1 N–H and O–H groups in total. The van der Waals surface area contributed by atoms with E-state index in [-0.39, 0.29) is 0 Å². The van der Waals surface area contributed by atoms with Gasteiger partial charge in [-0.25, -0.2) is 0 Å². The van der Waals surface area contributed by atoms with Gasteiger partial charge in [0.1, 0.15) is 0 Å². The van der Waals surface area contributed by atoms with E-state index >= 15 is 0 Å². The first kappa shape index (κ1) is 12.8. The topological polar surface area (TPSA) is 38.1 Å². The summed E-state index contributed by atoms with van der Waals surface area (Å²) < 4.78 is 5.43. The van der Waals surface area contributed by atoms with E-state index in [9.17, 15) is 0 Å². The lowest BCUT2D eigenvalue weighted by atomic mass is 10.0. The molecule has 0 spiro atoms. The third kappa shape index (κ3) is 2.79. The standard InChI is InChI=1S/C15H20N2O/c1-4-7-16-9-13-10-17-18-15(13)14-8-11(2)5-6-12(14)3/h5-6,8,10,16H,4,7,9H2,1-3H3. The maximum Gasteiger partial charge on any atom is 0.171 e. The number of nitrogens with zero attached hydrogens (tertiary/aromatic N) is 1. The Morgan fingerprint density at radius 3 is 2.89 bits per heavy atom. The molecule has 0 fully saturated rings. The second kappa shape index (κ2) is 5.83. The Morgan fingerprint density at radius 1 is 1.28 bits per heavy atom. The molecule has 1 aromatic carbocycles. The van der Waals surface area contributed by atoms with Crippen molar-refractivity contribution >= 4 is 0 Å². The minimum Gasteiger partial charge on any atom is -0.356 e. The molecule has 1 heterocycles. The zero-order valence-corrected chi connectivity index (χ0v) is 11.3. The quantitative estimate of drug-likeness (QED) is 0.818. The highest BCUT2D eigenvalue weighted by molar-refractivity contribution is 5.65. The number of aryl methyl sites for hydroxylation is 2. The Labute approximate surface area is 108 Å². The molecule has 0 aliphatic rings. The zero-order valence-electron chi connectivity index (χ0n) is 11.3. The molecule has 0 saturated heterocycles. The number of hydrogen-bond acceptors (Lipinski definition) is 3. The lowest BCUT2D eigenvalue weighted by Crippen LogP contribution is -2.13. The van der Waals surface area contributed by atoms with Crippen molar-refractivity contribution in [1.29, 1.82) is 0 Å². The van der Waals surface area contributed by atoms with Gasteiger partial charge in [0.25, 0.3) is 0 Å². The number of benzene rings is 1. The molecule has 2 rings (SSSR count). The van der Waals surface area contributed by atoms with Gasteiger partial charge in [-0.2, -0.15) is 0 Å². The van der Waals surface area contributed by atoms with E-state index < -0.39 is 0 Å². The van der Waals surface area contributed by atoms with Crippen LogP contribution in [0.1, 0.15) is 30.0 Å². The third-order valence-corrected chi connectivity index (χ3v) is 3.02. The molecule has 3 heteroatoms. The molecule has 2 aromatic rings. The summed E-state index contributed by atoms with van der Waals surface area (Å²) in [6.45, 7) is 8.17.